The molecule has 0 saturated heterocycles. The Bertz CT molecular complexity index is 795. The van der Waals surface area contributed by atoms with Crippen LogP contribution in [0.25, 0.3) is 27.7 Å². The maximum Gasteiger partial charge on any atom is 0.137 e. The van der Waals surface area contributed by atoms with Crippen molar-refractivity contribution in [3.05, 3.63) is 42.5 Å². The van der Waals surface area contributed by atoms with Crippen LogP contribution in [0.3, 0.4) is 0 Å². The van der Waals surface area contributed by atoms with Gasteiger partial charge in [0.15, 0.2) is 0 Å². The van der Waals surface area contributed by atoms with E-state index in [9.17, 15) is 0 Å². The Labute approximate surface area is 123 Å². The lowest BCUT2D eigenvalue weighted by molar-refractivity contribution is 0.536. The number of pyridine rings is 1. The molecule has 1 aliphatic rings. The first-order valence-corrected chi connectivity index (χ1v) is 7.47. The molecule has 0 saturated carbocycles. The molecule has 0 amide bonds. The van der Waals surface area contributed by atoms with Crippen LogP contribution in [-0.2, 0) is 0 Å². The third kappa shape index (κ3) is 2.17. The van der Waals surface area contributed by atoms with Gasteiger partial charge in [0.05, 0.1) is 6.20 Å². The summed E-state index contributed by atoms with van der Waals surface area (Å²) < 4.78 is 0. The predicted molar refractivity (Wildman–Crippen MR) is 84.7 cm³/mol. The summed E-state index contributed by atoms with van der Waals surface area (Å²) in [6.07, 6.45) is 13.7. The summed E-state index contributed by atoms with van der Waals surface area (Å²) >= 11 is 0. The normalized spacial score (nSPS) is 18.9. The number of H-pyrrole nitrogens is 2. The van der Waals surface area contributed by atoms with Crippen LogP contribution in [0, 0.1) is 5.92 Å². The van der Waals surface area contributed by atoms with Crippen LogP contribution >= 0.6 is 0 Å². The molecule has 3 aromatic heterocycles. The molecule has 0 radical (unpaired) electrons. The van der Waals surface area contributed by atoms with Crippen molar-refractivity contribution in [2.24, 2.45) is 5.92 Å². The van der Waals surface area contributed by atoms with E-state index in [2.05, 4.69) is 39.2 Å². The van der Waals surface area contributed by atoms with Gasteiger partial charge in [-0.1, -0.05) is 13.0 Å². The minimum Gasteiger partial charge on any atom is -0.346 e. The molecule has 3 heterocycles. The molecule has 0 aliphatic heterocycles. The summed E-state index contributed by atoms with van der Waals surface area (Å²) in [6, 6.07) is 2.26. The first kappa shape index (κ1) is 12.4. The highest BCUT2D eigenvalue weighted by Gasteiger charge is 2.15. The fourth-order valence-electron chi connectivity index (χ4n) is 3.15. The van der Waals surface area contributed by atoms with Crippen LogP contribution in [0.5, 0.6) is 0 Å². The van der Waals surface area contributed by atoms with Gasteiger partial charge in [-0.05, 0) is 42.4 Å². The Hall–Kier alpha value is -2.36. The van der Waals surface area contributed by atoms with E-state index in [4.69, 9.17) is 0 Å². The number of nitrogens with zero attached hydrogens (tertiary/aromatic N) is 2. The van der Waals surface area contributed by atoms with Crippen LogP contribution < -0.4 is 0 Å². The highest BCUT2D eigenvalue weighted by molar-refractivity contribution is 5.94. The van der Waals surface area contributed by atoms with Gasteiger partial charge in [-0.2, -0.15) is 5.10 Å². The van der Waals surface area contributed by atoms with E-state index in [0.29, 0.717) is 0 Å². The molecule has 1 aliphatic carbocycles. The third-order valence-corrected chi connectivity index (χ3v) is 4.33. The molecule has 4 nitrogen and oxygen atoms in total. The van der Waals surface area contributed by atoms with Crippen LogP contribution in [0.1, 0.15) is 31.7 Å². The standard InChI is InChI=1S/C17H18N4/c1-11-3-2-4-12(5-11)13-6-15-16(14-8-20-21-9-14)10-19-17(15)18-7-13/h4,6-11H,2-3,5H2,1H3,(H,18,19)(H,20,21). The van der Waals surface area contributed by atoms with E-state index in [1.54, 1.807) is 0 Å². The zero-order valence-electron chi connectivity index (χ0n) is 12.1. The molecule has 0 bridgehead atoms. The summed E-state index contributed by atoms with van der Waals surface area (Å²) in [5, 5.41) is 8.07. The van der Waals surface area contributed by atoms with Gasteiger partial charge in [-0.25, -0.2) is 4.98 Å². The smallest absolute Gasteiger partial charge is 0.137 e. The molecule has 0 spiro atoms. The number of nitrogens with one attached hydrogen (secondary N) is 2. The SMILES string of the molecule is CC1CCC=C(c2cnc3[nH]cc(-c4cn[nH]c4)c3c2)C1. The first-order valence-electron chi connectivity index (χ1n) is 7.47. The van der Waals surface area contributed by atoms with E-state index in [1.165, 1.54) is 24.0 Å². The fraction of sp³-hybridized carbons (Fsp3) is 0.294. The van der Waals surface area contributed by atoms with Gasteiger partial charge in [0.1, 0.15) is 5.65 Å². The number of rotatable bonds is 2. The quantitative estimate of drug-likeness (QED) is 0.739. The topological polar surface area (TPSA) is 57.4 Å². The molecule has 0 aromatic carbocycles. The monoisotopic (exact) mass is 278 g/mol. The van der Waals surface area contributed by atoms with Crippen LogP contribution in [0.4, 0.5) is 0 Å². The zero-order chi connectivity index (χ0) is 14.2. The van der Waals surface area contributed by atoms with Gasteiger partial charge in [-0.15, -0.1) is 0 Å². The molecule has 4 rings (SSSR count). The summed E-state index contributed by atoms with van der Waals surface area (Å²) in [6.45, 7) is 2.33. The van der Waals surface area contributed by atoms with E-state index in [1.807, 2.05) is 24.8 Å². The maximum absolute atomic E-state index is 4.58. The average Bonchev–Trinajstić information content (AvgIpc) is 3.15. The van der Waals surface area contributed by atoms with Gasteiger partial charge in [0.25, 0.3) is 0 Å². The van der Waals surface area contributed by atoms with Gasteiger partial charge in [-0.3, -0.25) is 5.10 Å². The minimum atomic E-state index is 0.764. The molecule has 106 valence electrons. The average molecular weight is 278 g/mol. The fourth-order valence-corrected chi connectivity index (χ4v) is 3.15. The van der Waals surface area contributed by atoms with Crippen molar-refractivity contribution < 1.29 is 0 Å². The number of hydrogen-bond donors (Lipinski definition) is 2. The maximum atomic E-state index is 4.58. The van der Waals surface area contributed by atoms with Crippen molar-refractivity contribution in [3.63, 3.8) is 0 Å². The van der Waals surface area contributed by atoms with E-state index in [0.717, 1.165) is 34.5 Å². The predicted octanol–water partition coefficient (Wildman–Crippen LogP) is 4.16. The lowest BCUT2D eigenvalue weighted by Gasteiger charge is -2.19. The first-order chi connectivity index (χ1) is 10.3. The largest absolute Gasteiger partial charge is 0.346 e. The Morgan fingerprint density at radius 2 is 2.14 bits per heavy atom. The van der Waals surface area contributed by atoms with Gasteiger partial charge >= 0.3 is 0 Å². The van der Waals surface area contributed by atoms with E-state index in [-0.39, 0.29) is 0 Å². The van der Waals surface area contributed by atoms with Crippen molar-refractivity contribution in [3.8, 4) is 11.1 Å². The van der Waals surface area contributed by atoms with Crippen molar-refractivity contribution in [1.82, 2.24) is 20.2 Å². The summed E-state index contributed by atoms with van der Waals surface area (Å²) in [5.74, 6) is 0.764. The second-order valence-electron chi connectivity index (χ2n) is 5.93. The van der Waals surface area contributed by atoms with E-state index >= 15 is 0 Å². The molecule has 3 aromatic rings. The Kier molecular flexibility index (Phi) is 2.88. The van der Waals surface area contributed by atoms with Crippen LogP contribution in [-0.4, -0.2) is 20.2 Å². The molecule has 2 N–H and O–H groups in total. The Morgan fingerprint density at radius 1 is 1.19 bits per heavy atom. The highest BCUT2D eigenvalue weighted by atomic mass is 15.1. The Balaban J connectivity index is 1.82. The van der Waals surface area contributed by atoms with Crippen molar-refractivity contribution in [1.29, 1.82) is 0 Å². The van der Waals surface area contributed by atoms with Gasteiger partial charge in [0.2, 0.25) is 0 Å². The molecule has 1 unspecified atom stereocenters. The number of aromatic amines is 2. The lowest BCUT2D eigenvalue weighted by Crippen LogP contribution is -2.02. The molecular formula is C17H18N4. The minimum absolute atomic E-state index is 0.764. The van der Waals surface area contributed by atoms with Crippen LogP contribution in [0.2, 0.25) is 0 Å². The third-order valence-electron chi connectivity index (χ3n) is 4.33. The molecule has 0 fully saturated rings. The molecule has 21 heavy (non-hydrogen) atoms. The van der Waals surface area contributed by atoms with Crippen LogP contribution in [0.15, 0.2) is 36.9 Å². The summed E-state index contributed by atoms with van der Waals surface area (Å²) in [5.41, 5.74) is 5.85. The number of fused-ring (bicyclic) bond motifs is 1. The van der Waals surface area contributed by atoms with Crippen molar-refractivity contribution >= 4 is 16.6 Å². The summed E-state index contributed by atoms with van der Waals surface area (Å²) in [7, 11) is 0. The highest BCUT2D eigenvalue weighted by Crippen LogP contribution is 2.33. The Morgan fingerprint density at radius 3 is 2.95 bits per heavy atom. The van der Waals surface area contributed by atoms with Gasteiger partial charge < -0.3 is 4.98 Å². The number of aromatic nitrogens is 4. The lowest BCUT2D eigenvalue weighted by atomic mass is 9.87. The second kappa shape index (κ2) is 4.88. The summed E-state index contributed by atoms with van der Waals surface area (Å²) in [4.78, 5) is 7.83. The molecule has 4 heteroatoms. The number of hydrogen-bond acceptors (Lipinski definition) is 2. The van der Waals surface area contributed by atoms with Gasteiger partial charge in [0, 0.05) is 35.1 Å². The molecular weight excluding hydrogens is 260 g/mol. The number of allylic oxidation sites excluding steroid dienone is 2. The zero-order valence-corrected chi connectivity index (χ0v) is 12.1. The van der Waals surface area contributed by atoms with Crippen molar-refractivity contribution in [2.75, 3.05) is 0 Å². The molecule has 1 atom stereocenters. The van der Waals surface area contributed by atoms with E-state index < -0.39 is 0 Å². The van der Waals surface area contributed by atoms with Crippen molar-refractivity contribution in [2.45, 2.75) is 26.2 Å². The second-order valence-corrected chi connectivity index (χ2v) is 5.93.